The first-order chi connectivity index (χ1) is 27.7. The predicted octanol–water partition coefficient (Wildman–Crippen LogP) is 6.66. The van der Waals surface area contributed by atoms with Gasteiger partial charge in [-0.15, -0.1) is 0 Å². The van der Waals surface area contributed by atoms with Crippen molar-refractivity contribution in [2.75, 3.05) is 23.9 Å². The summed E-state index contributed by atoms with van der Waals surface area (Å²) < 4.78 is 18.5. The molecule has 11 nitrogen and oxygen atoms in total. The van der Waals surface area contributed by atoms with Crippen LogP contribution in [0.2, 0.25) is 0 Å². The molecule has 4 aliphatic heterocycles. The van der Waals surface area contributed by atoms with E-state index in [-0.39, 0.29) is 37.1 Å². The largest absolute Gasteiger partial charge is 0.493 e. The van der Waals surface area contributed by atoms with Gasteiger partial charge >= 0.3 is 0 Å². The Morgan fingerprint density at radius 3 is 2.07 bits per heavy atom. The minimum atomic E-state index is -0.928. The van der Waals surface area contributed by atoms with Crippen LogP contribution in [0.1, 0.15) is 73.8 Å². The smallest absolute Gasteiger partial charge is 0.256 e. The van der Waals surface area contributed by atoms with Crippen molar-refractivity contribution in [3.63, 3.8) is 0 Å². The standard InChI is InChI=1S/C46H47N5O6/c1-27(2)51-39-21-43(42(55-4)19-37(39)45(53)50-24-32-13-8-6-11-30(32)18-40(50)46(51)54)57-26-34-15-9-14-33(48-34)25-56-41-20-38-36(16-28(41)3)44(52)49-23-31-12-7-5-10-29(31)17-35(49)22-47-38/h5-16,19-21,27,35,40,46-47,54H,17-18,22-26H2,1-4H3/t35-,40-,46?/m0/s1. The maximum Gasteiger partial charge on any atom is 0.256 e. The van der Waals surface area contributed by atoms with Crippen LogP contribution in [0.4, 0.5) is 11.4 Å². The summed E-state index contributed by atoms with van der Waals surface area (Å²) in [5.41, 5.74) is 9.49. The molecule has 11 heteroatoms. The number of nitrogens with one attached hydrogen (secondary N) is 1. The molecule has 5 heterocycles. The Labute approximate surface area is 332 Å². The summed E-state index contributed by atoms with van der Waals surface area (Å²) in [6, 6.07) is 29.1. The fraction of sp³-hybridized carbons (Fsp3) is 0.326. The number of rotatable bonds is 8. The highest BCUT2D eigenvalue weighted by molar-refractivity contribution is 6.02. The first kappa shape index (κ1) is 36.6. The lowest BCUT2D eigenvalue weighted by Gasteiger charge is -2.42. The van der Waals surface area contributed by atoms with E-state index in [0.717, 1.165) is 34.5 Å². The normalized spacial score (nSPS) is 19.5. The Balaban J connectivity index is 0.910. The minimum Gasteiger partial charge on any atom is -0.493 e. The highest BCUT2D eigenvalue weighted by Crippen LogP contribution is 2.42. The Morgan fingerprint density at radius 2 is 1.39 bits per heavy atom. The van der Waals surface area contributed by atoms with E-state index in [9.17, 15) is 14.7 Å². The third kappa shape index (κ3) is 6.69. The zero-order valence-electron chi connectivity index (χ0n) is 32.7. The number of aromatic nitrogens is 1. The molecule has 57 heavy (non-hydrogen) atoms. The third-order valence-electron chi connectivity index (χ3n) is 11.8. The van der Waals surface area contributed by atoms with Crippen molar-refractivity contribution in [3.05, 3.63) is 141 Å². The van der Waals surface area contributed by atoms with Crippen molar-refractivity contribution in [1.29, 1.82) is 0 Å². The quantitative estimate of drug-likeness (QED) is 0.179. The molecule has 0 saturated carbocycles. The average molecular weight is 766 g/mol. The van der Waals surface area contributed by atoms with Crippen LogP contribution in [0, 0.1) is 6.92 Å². The molecule has 0 bridgehead atoms. The van der Waals surface area contributed by atoms with Gasteiger partial charge in [-0.1, -0.05) is 54.6 Å². The van der Waals surface area contributed by atoms with Crippen LogP contribution in [-0.2, 0) is 39.1 Å². The van der Waals surface area contributed by atoms with Crippen LogP contribution in [0.5, 0.6) is 17.2 Å². The maximum atomic E-state index is 14.2. The van der Waals surface area contributed by atoms with Gasteiger partial charge in [0.05, 0.1) is 53.1 Å². The summed E-state index contributed by atoms with van der Waals surface area (Å²) in [4.78, 5) is 38.5. The van der Waals surface area contributed by atoms with Crippen molar-refractivity contribution >= 4 is 23.2 Å². The molecule has 0 saturated heterocycles. The number of aryl methyl sites for hydroxylation is 1. The number of pyridine rings is 1. The van der Waals surface area contributed by atoms with Gasteiger partial charge in [-0.2, -0.15) is 0 Å². The number of fused-ring (bicyclic) bond motifs is 6. The van der Waals surface area contributed by atoms with Crippen LogP contribution in [0.25, 0.3) is 0 Å². The van der Waals surface area contributed by atoms with E-state index < -0.39 is 12.3 Å². The second kappa shape index (κ2) is 14.8. The van der Waals surface area contributed by atoms with E-state index in [2.05, 4.69) is 29.6 Å². The van der Waals surface area contributed by atoms with Crippen molar-refractivity contribution in [2.24, 2.45) is 0 Å². The number of ether oxygens (including phenoxy) is 3. The summed E-state index contributed by atoms with van der Waals surface area (Å²) in [6.45, 7) is 8.03. The summed E-state index contributed by atoms with van der Waals surface area (Å²) in [6.07, 6.45) is 0.455. The lowest BCUT2D eigenvalue weighted by atomic mass is 9.92. The van der Waals surface area contributed by atoms with Gasteiger partial charge in [-0.25, -0.2) is 0 Å². The van der Waals surface area contributed by atoms with Gasteiger partial charge in [0.25, 0.3) is 11.8 Å². The van der Waals surface area contributed by atoms with Gasteiger partial charge in [0.2, 0.25) is 0 Å². The SMILES string of the molecule is COc1cc2c(cc1OCc1cccc(COc3cc4c(cc3C)C(=O)N3Cc5ccccc5C[C@H]3CN4)n1)N(C(C)C)C(O)[C@@H]1Cc3ccccc3CN1C2=O. The number of aliphatic hydroxyl groups excluding tert-OH is 1. The zero-order chi connectivity index (χ0) is 39.4. The Bertz CT molecular complexity index is 2380. The molecular formula is C46H47N5O6. The summed E-state index contributed by atoms with van der Waals surface area (Å²) in [5, 5.41) is 15.4. The topological polar surface area (TPSA) is 117 Å². The predicted molar refractivity (Wildman–Crippen MR) is 217 cm³/mol. The number of benzene rings is 4. The van der Waals surface area contributed by atoms with Gasteiger partial charge in [-0.3, -0.25) is 14.6 Å². The van der Waals surface area contributed by atoms with Crippen LogP contribution in [0.15, 0.2) is 91.0 Å². The lowest BCUT2D eigenvalue weighted by Crippen LogP contribution is -2.55. The first-order valence-electron chi connectivity index (χ1n) is 19.7. The van der Waals surface area contributed by atoms with E-state index in [4.69, 9.17) is 19.2 Å². The Morgan fingerprint density at radius 1 is 0.754 bits per heavy atom. The number of hydrogen-bond acceptors (Lipinski definition) is 9. The molecule has 5 aromatic rings. The van der Waals surface area contributed by atoms with Gasteiger partial charge in [-0.05, 0) is 85.7 Å². The highest BCUT2D eigenvalue weighted by Gasteiger charge is 2.43. The average Bonchev–Trinajstić information content (AvgIpc) is 3.40. The number of hydrogen-bond donors (Lipinski definition) is 2. The molecule has 9 rings (SSSR count). The molecule has 4 aliphatic rings. The molecule has 292 valence electrons. The molecule has 0 aliphatic carbocycles. The van der Waals surface area contributed by atoms with E-state index in [1.54, 1.807) is 24.1 Å². The highest BCUT2D eigenvalue weighted by atomic mass is 16.5. The Kier molecular flexibility index (Phi) is 9.48. The number of carbonyl (C=O) groups excluding carboxylic acids is 2. The van der Waals surface area contributed by atoms with Crippen molar-refractivity contribution < 1.29 is 28.9 Å². The van der Waals surface area contributed by atoms with Crippen LogP contribution in [-0.4, -0.2) is 69.7 Å². The molecule has 1 unspecified atom stereocenters. The van der Waals surface area contributed by atoms with Gasteiger partial charge in [0, 0.05) is 37.8 Å². The number of aliphatic hydroxyl groups is 1. The minimum absolute atomic E-state index is 0.0334. The second-order valence-corrected chi connectivity index (χ2v) is 15.7. The number of amides is 2. The molecule has 2 N–H and O–H groups in total. The zero-order valence-corrected chi connectivity index (χ0v) is 32.7. The molecule has 1 aromatic heterocycles. The van der Waals surface area contributed by atoms with Crippen LogP contribution >= 0.6 is 0 Å². The van der Waals surface area contributed by atoms with Crippen LogP contribution < -0.4 is 24.4 Å². The number of anilines is 2. The molecule has 2 amide bonds. The van der Waals surface area contributed by atoms with Crippen molar-refractivity contribution in [1.82, 2.24) is 14.8 Å². The molecule has 0 spiro atoms. The van der Waals surface area contributed by atoms with E-state index >= 15 is 0 Å². The van der Waals surface area contributed by atoms with E-state index in [1.165, 1.54) is 11.1 Å². The number of nitrogens with zero attached hydrogens (tertiary/aromatic N) is 4. The fourth-order valence-electron chi connectivity index (χ4n) is 8.86. The van der Waals surface area contributed by atoms with Crippen LogP contribution in [0.3, 0.4) is 0 Å². The van der Waals surface area contributed by atoms with Crippen molar-refractivity contribution in [2.45, 2.75) is 84.3 Å². The molecule has 3 atom stereocenters. The maximum absolute atomic E-state index is 14.2. The molecule has 0 radical (unpaired) electrons. The summed E-state index contributed by atoms with van der Waals surface area (Å²) >= 11 is 0. The number of carbonyl (C=O) groups is 2. The van der Waals surface area contributed by atoms with Crippen molar-refractivity contribution in [3.8, 4) is 17.2 Å². The second-order valence-electron chi connectivity index (χ2n) is 15.7. The molecule has 0 fully saturated rings. The van der Waals surface area contributed by atoms with E-state index in [0.29, 0.717) is 65.8 Å². The summed E-state index contributed by atoms with van der Waals surface area (Å²) in [5.74, 6) is 1.42. The van der Waals surface area contributed by atoms with Gasteiger partial charge in [0.1, 0.15) is 25.2 Å². The first-order valence-corrected chi connectivity index (χ1v) is 19.7. The van der Waals surface area contributed by atoms with E-state index in [1.807, 2.05) is 85.2 Å². The number of methoxy groups -OCH3 is 1. The van der Waals surface area contributed by atoms with Gasteiger partial charge < -0.3 is 39.3 Å². The lowest BCUT2D eigenvalue weighted by molar-refractivity contribution is 0.0292. The summed E-state index contributed by atoms with van der Waals surface area (Å²) in [7, 11) is 1.56. The molecular weight excluding hydrogens is 719 g/mol. The Hall–Kier alpha value is -6.07. The fourth-order valence-corrected chi connectivity index (χ4v) is 8.86. The molecule has 4 aromatic carbocycles. The third-order valence-corrected chi connectivity index (χ3v) is 11.8. The van der Waals surface area contributed by atoms with Gasteiger partial charge in [0.15, 0.2) is 11.5 Å². The monoisotopic (exact) mass is 765 g/mol.